The van der Waals surface area contributed by atoms with Gasteiger partial charge in [-0.05, 0) is 32.0 Å². The largest absolute Gasteiger partial charge is 0.508 e. The molecule has 0 fully saturated rings. The van der Waals surface area contributed by atoms with E-state index in [2.05, 4.69) is 0 Å². The summed E-state index contributed by atoms with van der Waals surface area (Å²) in [6, 6.07) is 4.72. The van der Waals surface area contributed by atoms with Gasteiger partial charge in [-0.3, -0.25) is 9.59 Å². The van der Waals surface area contributed by atoms with Crippen molar-refractivity contribution in [3.63, 3.8) is 0 Å². The topological polar surface area (TPSA) is 57.6 Å². The van der Waals surface area contributed by atoms with Crippen LogP contribution in [0.1, 0.15) is 30.6 Å². The molecule has 102 valence electrons. The average molecular weight is 279 g/mol. The number of thioether (sulfide) groups is 1. The Kier molecular flexibility index (Phi) is 4.14. The summed E-state index contributed by atoms with van der Waals surface area (Å²) in [6.45, 7) is 5.18. The van der Waals surface area contributed by atoms with Gasteiger partial charge >= 0.3 is 0 Å². The number of rotatable bonds is 3. The molecular formula is C14H17NO3S. The van der Waals surface area contributed by atoms with Crippen molar-refractivity contribution in [3.05, 3.63) is 23.8 Å². The van der Waals surface area contributed by atoms with Gasteiger partial charge in [0.25, 0.3) is 0 Å². The molecule has 0 saturated heterocycles. The minimum atomic E-state index is -0.343. The van der Waals surface area contributed by atoms with E-state index in [1.807, 2.05) is 13.8 Å². The van der Waals surface area contributed by atoms with Crippen LogP contribution >= 0.6 is 11.8 Å². The van der Waals surface area contributed by atoms with E-state index in [4.69, 9.17) is 0 Å². The lowest BCUT2D eigenvalue weighted by molar-refractivity contribution is -0.130. The average Bonchev–Trinajstić information content (AvgIpc) is 2.40. The number of Topliss-reactive ketones (excluding diaryl/α,β-unsaturated/α-hetero) is 1. The molecule has 1 aromatic rings. The Bertz CT molecular complexity index is 511. The molecule has 1 heterocycles. The Morgan fingerprint density at radius 1 is 1.42 bits per heavy atom. The lowest BCUT2D eigenvalue weighted by Gasteiger charge is -2.27. The number of ketones is 1. The van der Waals surface area contributed by atoms with Crippen LogP contribution in [0, 0.1) is 0 Å². The minimum absolute atomic E-state index is 0.0158. The van der Waals surface area contributed by atoms with E-state index in [9.17, 15) is 14.7 Å². The number of amides is 1. The Morgan fingerprint density at radius 3 is 2.74 bits per heavy atom. The fourth-order valence-electron chi connectivity index (χ4n) is 2.19. The van der Waals surface area contributed by atoms with Crippen molar-refractivity contribution in [2.24, 2.45) is 0 Å². The van der Waals surface area contributed by atoms with Crippen LogP contribution in [0.3, 0.4) is 0 Å². The maximum Gasteiger partial charge on any atom is 0.236 e. The second kappa shape index (κ2) is 5.65. The number of hydrogen-bond donors (Lipinski definition) is 1. The summed E-state index contributed by atoms with van der Waals surface area (Å²) in [5, 5.41) is 9.07. The van der Waals surface area contributed by atoms with Crippen LogP contribution in [0.25, 0.3) is 0 Å². The van der Waals surface area contributed by atoms with Gasteiger partial charge in [0, 0.05) is 30.0 Å². The van der Waals surface area contributed by atoms with Gasteiger partial charge in [-0.1, -0.05) is 0 Å². The molecular weight excluding hydrogens is 262 g/mol. The predicted molar refractivity (Wildman–Crippen MR) is 74.6 cm³/mol. The smallest absolute Gasteiger partial charge is 0.236 e. The lowest BCUT2D eigenvalue weighted by atomic mass is 10.0. The molecule has 1 aromatic carbocycles. The zero-order valence-corrected chi connectivity index (χ0v) is 11.9. The molecule has 1 amide bonds. The molecule has 0 aromatic heterocycles. The van der Waals surface area contributed by atoms with Gasteiger partial charge in [0.1, 0.15) is 5.75 Å². The molecule has 1 unspecified atom stereocenters. The van der Waals surface area contributed by atoms with E-state index in [1.54, 1.807) is 17.0 Å². The number of carbonyl (C=O) groups excluding carboxylic acids is 2. The van der Waals surface area contributed by atoms with E-state index >= 15 is 0 Å². The highest BCUT2D eigenvalue weighted by atomic mass is 32.2. The van der Waals surface area contributed by atoms with E-state index in [0.717, 1.165) is 4.90 Å². The number of hydrogen-bond acceptors (Lipinski definition) is 4. The number of phenols is 1. The predicted octanol–water partition coefficient (Wildman–Crippen LogP) is 2.31. The normalized spacial score (nSPS) is 18.0. The first-order chi connectivity index (χ1) is 9.06. The van der Waals surface area contributed by atoms with E-state index in [0.29, 0.717) is 18.7 Å². The lowest BCUT2D eigenvalue weighted by Crippen LogP contribution is -2.39. The fraction of sp³-hybridized carbons (Fsp3) is 0.429. The van der Waals surface area contributed by atoms with E-state index in [-0.39, 0.29) is 29.1 Å². The SMILES string of the molecule is CCN(CC)C(=O)C1CC(=O)c2cc(O)ccc2S1. The van der Waals surface area contributed by atoms with Crippen molar-refractivity contribution in [1.29, 1.82) is 0 Å². The maximum absolute atomic E-state index is 12.3. The van der Waals surface area contributed by atoms with Crippen LogP contribution < -0.4 is 0 Å². The first-order valence-electron chi connectivity index (χ1n) is 6.38. The standard InChI is InChI=1S/C14H17NO3S/c1-3-15(4-2)14(18)13-8-11(17)10-7-9(16)5-6-12(10)19-13/h5-7,13,16H,3-4,8H2,1-2H3. The number of phenolic OH excluding ortho intramolecular Hbond substituents is 1. The molecule has 1 aliphatic rings. The number of benzene rings is 1. The molecule has 2 rings (SSSR count). The second-order valence-corrected chi connectivity index (χ2v) is 5.67. The number of fused-ring (bicyclic) bond motifs is 1. The van der Waals surface area contributed by atoms with Gasteiger partial charge in [0.15, 0.2) is 5.78 Å². The Morgan fingerprint density at radius 2 is 2.11 bits per heavy atom. The van der Waals surface area contributed by atoms with Crippen LogP contribution in [-0.4, -0.2) is 40.0 Å². The van der Waals surface area contributed by atoms with Gasteiger partial charge < -0.3 is 10.0 Å². The van der Waals surface area contributed by atoms with Gasteiger partial charge in [-0.15, -0.1) is 11.8 Å². The monoisotopic (exact) mass is 279 g/mol. The van der Waals surface area contributed by atoms with Gasteiger partial charge in [0.05, 0.1) is 5.25 Å². The molecule has 0 bridgehead atoms. The van der Waals surface area contributed by atoms with Crippen LogP contribution in [0.5, 0.6) is 5.75 Å². The van der Waals surface area contributed by atoms with Crippen LogP contribution in [0.15, 0.2) is 23.1 Å². The zero-order valence-electron chi connectivity index (χ0n) is 11.0. The van der Waals surface area contributed by atoms with Crippen LogP contribution in [0.2, 0.25) is 0 Å². The fourth-order valence-corrected chi connectivity index (χ4v) is 3.43. The Balaban J connectivity index is 2.24. The third-order valence-electron chi connectivity index (χ3n) is 3.25. The Hall–Kier alpha value is -1.49. The number of aromatic hydroxyl groups is 1. The van der Waals surface area contributed by atoms with Crippen molar-refractivity contribution in [1.82, 2.24) is 4.90 Å². The molecule has 4 nitrogen and oxygen atoms in total. The van der Waals surface area contributed by atoms with Crippen LogP contribution in [0.4, 0.5) is 0 Å². The van der Waals surface area contributed by atoms with Crippen molar-refractivity contribution in [3.8, 4) is 5.75 Å². The van der Waals surface area contributed by atoms with E-state index < -0.39 is 0 Å². The summed E-state index contributed by atoms with van der Waals surface area (Å²) in [6.07, 6.45) is 0.205. The molecule has 19 heavy (non-hydrogen) atoms. The second-order valence-electron chi connectivity index (χ2n) is 4.42. The molecule has 0 aliphatic carbocycles. The van der Waals surface area contributed by atoms with Crippen LogP contribution in [-0.2, 0) is 4.79 Å². The summed E-state index contributed by atoms with van der Waals surface area (Å²) in [4.78, 5) is 26.9. The van der Waals surface area contributed by atoms with Gasteiger partial charge in [-0.25, -0.2) is 0 Å². The summed E-state index contributed by atoms with van der Waals surface area (Å²) in [7, 11) is 0. The van der Waals surface area contributed by atoms with Crippen molar-refractivity contribution in [2.75, 3.05) is 13.1 Å². The third-order valence-corrected chi connectivity index (χ3v) is 4.52. The summed E-state index contributed by atoms with van der Waals surface area (Å²) >= 11 is 1.41. The molecule has 1 atom stereocenters. The summed E-state index contributed by atoms with van der Waals surface area (Å²) in [5.74, 6) is 0.0263. The third kappa shape index (κ3) is 2.76. The Labute approximate surface area is 116 Å². The summed E-state index contributed by atoms with van der Waals surface area (Å²) in [5.41, 5.74) is 0.522. The minimum Gasteiger partial charge on any atom is -0.508 e. The maximum atomic E-state index is 12.3. The highest BCUT2D eigenvalue weighted by molar-refractivity contribution is 8.00. The molecule has 0 spiro atoms. The zero-order chi connectivity index (χ0) is 14.0. The first kappa shape index (κ1) is 13.9. The van der Waals surface area contributed by atoms with Crippen molar-refractivity contribution in [2.45, 2.75) is 30.4 Å². The summed E-state index contributed by atoms with van der Waals surface area (Å²) < 4.78 is 0. The van der Waals surface area contributed by atoms with Crippen molar-refractivity contribution < 1.29 is 14.7 Å². The quantitative estimate of drug-likeness (QED) is 0.922. The van der Waals surface area contributed by atoms with Gasteiger partial charge in [-0.2, -0.15) is 0 Å². The van der Waals surface area contributed by atoms with Gasteiger partial charge in [0.2, 0.25) is 5.91 Å². The number of nitrogens with zero attached hydrogens (tertiary/aromatic N) is 1. The number of carbonyl (C=O) groups is 2. The molecule has 0 radical (unpaired) electrons. The molecule has 0 saturated carbocycles. The highest BCUT2D eigenvalue weighted by Crippen LogP contribution is 2.37. The molecule has 5 heteroatoms. The van der Waals surface area contributed by atoms with Crippen molar-refractivity contribution >= 4 is 23.5 Å². The van der Waals surface area contributed by atoms with E-state index in [1.165, 1.54) is 17.8 Å². The molecule has 1 aliphatic heterocycles. The first-order valence-corrected chi connectivity index (χ1v) is 7.26. The highest BCUT2D eigenvalue weighted by Gasteiger charge is 2.32. The molecule has 1 N–H and O–H groups in total.